The van der Waals surface area contributed by atoms with Gasteiger partial charge in [0.2, 0.25) is 0 Å². The quantitative estimate of drug-likeness (QED) is 0.180. The average molecular weight is 692 g/mol. The Kier molecular flexibility index (Phi) is 7.14. The fourth-order valence-electron chi connectivity index (χ4n) is 8.32. The van der Waals surface area contributed by atoms with Gasteiger partial charge in [-0.25, -0.2) is 15.0 Å². The lowest BCUT2D eigenvalue weighted by molar-refractivity contribution is 0.664. The van der Waals surface area contributed by atoms with Crippen molar-refractivity contribution in [1.82, 2.24) is 19.5 Å². The van der Waals surface area contributed by atoms with Crippen molar-refractivity contribution in [2.24, 2.45) is 0 Å². The third kappa shape index (κ3) is 4.96. The summed E-state index contributed by atoms with van der Waals surface area (Å²) in [6.45, 7) is 4.69. The van der Waals surface area contributed by atoms with Crippen LogP contribution in [0.4, 0.5) is 0 Å². The molecule has 7 aromatic carbocycles. The predicted molar refractivity (Wildman–Crippen MR) is 218 cm³/mol. The number of rotatable bonds is 5. The maximum absolute atomic E-state index is 9.89. The Labute approximate surface area is 313 Å². The summed E-state index contributed by atoms with van der Waals surface area (Å²) in [5.74, 6) is 1.78. The number of benzene rings is 7. The molecule has 5 nitrogen and oxygen atoms in total. The first-order valence-electron chi connectivity index (χ1n) is 18.2. The summed E-state index contributed by atoms with van der Waals surface area (Å²) in [4.78, 5) is 15.2. The van der Waals surface area contributed by atoms with Crippen molar-refractivity contribution in [3.63, 3.8) is 0 Å². The van der Waals surface area contributed by atoms with Crippen LogP contribution in [0.1, 0.15) is 30.5 Å². The molecule has 9 aromatic rings. The van der Waals surface area contributed by atoms with Crippen LogP contribution in [0.5, 0.6) is 0 Å². The van der Waals surface area contributed by atoms with Crippen LogP contribution in [-0.2, 0) is 5.41 Å². The largest absolute Gasteiger partial charge is 0.309 e. The number of aromatic nitrogens is 4. The van der Waals surface area contributed by atoms with E-state index < -0.39 is 0 Å². The smallest absolute Gasteiger partial charge is 0.164 e. The second kappa shape index (κ2) is 12.2. The summed E-state index contributed by atoms with van der Waals surface area (Å²) in [6.07, 6.45) is 0. The van der Waals surface area contributed by atoms with E-state index in [9.17, 15) is 5.26 Å². The van der Waals surface area contributed by atoms with Crippen molar-refractivity contribution in [2.75, 3.05) is 0 Å². The van der Waals surface area contributed by atoms with E-state index in [4.69, 9.17) is 15.0 Å². The first-order chi connectivity index (χ1) is 26.5. The molecule has 0 amide bonds. The van der Waals surface area contributed by atoms with Crippen LogP contribution in [0.25, 0.3) is 83.9 Å². The summed E-state index contributed by atoms with van der Waals surface area (Å²) < 4.78 is 2.43. The number of fused-ring (bicyclic) bond motifs is 7. The van der Waals surface area contributed by atoms with Crippen molar-refractivity contribution in [3.05, 3.63) is 180 Å². The second-order valence-corrected chi connectivity index (χ2v) is 14.4. The molecule has 0 unspecified atom stereocenters. The molecule has 0 bridgehead atoms. The van der Waals surface area contributed by atoms with Crippen molar-refractivity contribution >= 4 is 21.8 Å². The first-order valence-corrected chi connectivity index (χ1v) is 18.2. The molecule has 0 atom stereocenters. The number of hydrogen-bond donors (Lipinski definition) is 0. The molecule has 2 heterocycles. The van der Waals surface area contributed by atoms with Crippen LogP contribution in [0.3, 0.4) is 0 Å². The Morgan fingerprint density at radius 1 is 0.500 bits per heavy atom. The highest BCUT2D eigenvalue weighted by molar-refractivity contribution is 6.13. The Morgan fingerprint density at radius 3 is 1.83 bits per heavy atom. The molecule has 54 heavy (non-hydrogen) atoms. The molecule has 2 aromatic heterocycles. The minimum Gasteiger partial charge on any atom is -0.309 e. The number of para-hydroxylation sites is 1. The van der Waals surface area contributed by atoms with Gasteiger partial charge in [-0.3, -0.25) is 0 Å². The SMILES string of the molecule is CC1(C)c2ccccc2-c2ccc3c4ccccc4n(-c4cc(-c5cccc(C#N)c5)cc(-c5nc(-c6ccccc6)nc(-c6ccccc6)n5)c4)c3c21. The zero-order valence-corrected chi connectivity index (χ0v) is 29.8. The van der Waals surface area contributed by atoms with Gasteiger partial charge in [-0.2, -0.15) is 5.26 Å². The Bertz CT molecular complexity index is 2910. The molecule has 0 aliphatic heterocycles. The van der Waals surface area contributed by atoms with Crippen LogP contribution >= 0.6 is 0 Å². The second-order valence-electron chi connectivity index (χ2n) is 14.4. The third-order valence-electron chi connectivity index (χ3n) is 10.8. The molecule has 0 fully saturated rings. The van der Waals surface area contributed by atoms with E-state index in [0.717, 1.165) is 39.0 Å². The number of nitriles is 1. The van der Waals surface area contributed by atoms with Gasteiger partial charge in [-0.15, -0.1) is 0 Å². The lowest BCUT2D eigenvalue weighted by Crippen LogP contribution is -2.16. The van der Waals surface area contributed by atoms with Crippen LogP contribution in [0.2, 0.25) is 0 Å². The molecule has 5 heteroatoms. The van der Waals surface area contributed by atoms with Gasteiger partial charge in [0, 0.05) is 38.6 Å². The Morgan fingerprint density at radius 2 is 1.11 bits per heavy atom. The summed E-state index contributed by atoms with van der Waals surface area (Å²) in [7, 11) is 0. The van der Waals surface area contributed by atoms with Crippen molar-refractivity contribution in [3.8, 4) is 68.2 Å². The summed E-state index contributed by atoms with van der Waals surface area (Å²) in [5, 5.41) is 12.3. The normalized spacial score (nSPS) is 12.8. The van der Waals surface area contributed by atoms with Crippen molar-refractivity contribution < 1.29 is 0 Å². The lowest BCUT2D eigenvalue weighted by Gasteiger charge is -2.24. The minimum atomic E-state index is -0.234. The highest BCUT2D eigenvalue weighted by Gasteiger charge is 2.38. The van der Waals surface area contributed by atoms with E-state index in [1.807, 2.05) is 78.9 Å². The highest BCUT2D eigenvalue weighted by atomic mass is 15.0. The molecule has 1 aliphatic rings. The minimum absolute atomic E-state index is 0.234. The van der Waals surface area contributed by atoms with E-state index in [0.29, 0.717) is 23.0 Å². The molecule has 10 rings (SSSR count). The van der Waals surface area contributed by atoms with Crippen molar-refractivity contribution in [1.29, 1.82) is 5.26 Å². The summed E-state index contributed by atoms with van der Waals surface area (Å²) in [5.41, 5.74) is 13.4. The van der Waals surface area contributed by atoms with Crippen LogP contribution in [-0.4, -0.2) is 19.5 Å². The lowest BCUT2D eigenvalue weighted by atomic mass is 9.81. The van der Waals surface area contributed by atoms with Gasteiger partial charge >= 0.3 is 0 Å². The van der Waals surface area contributed by atoms with E-state index in [-0.39, 0.29) is 5.41 Å². The zero-order valence-electron chi connectivity index (χ0n) is 29.8. The molecule has 1 aliphatic carbocycles. The molecule has 254 valence electrons. The van der Waals surface area contributed by atoms with E-state index in [2.05, 4.69) is 109 Å². The van der Waals surface area contributed by atoms with E-state index >= 15 is 0 Å². The predicted octanol–water partition coefficient (Wildman–Crippen LogP) is 11.8. The number of nitrogens with zero attached hydrogens (tertiary/aromatic N) is 5. The van der Waals surface area contributed by atoms with Gasteiger partial charge in [-0.1, -0.05) is 141 Å². The van der Waals surface area contributed by atoms with Crippen molar-refractivity contribution in [2.45, 2.75) is 19.3 Å². The molecule has 0 saturated heterocycles. The Hall–Kier alpha value is -7.16. The third-order valence-corrected chi connectivity index (χ3v) is 10.8. The average Bonchev–Trinajstić information content (AvgIpc) is 3.69. The number of hydrogen-bond acceptors (Lipinski definition) is 4. The molecule has 0 N–H and O–H groups in total. The Balaban J connectivity index is 1.30. The van der Waals surface area contributed by atoms with Crippen LogP contribution < -0.4 is 0 Å². The van der Waals surface area contributed by atoms with E-state index in [1.54, 1.807) is 0 Å². The molecule has 0 spiro atoms. The summed E-state index contributed by atoms with van der Waals surface area (Å²) >= 11 is 0. The standard InChI is InChI=1S/C49H33N5/c1-49(2)42-22-11-9-20-38(42)40-24-25-41-39-21-10-12-23-43(39)54(45(41)44(40)49)37-28-35(34-19-13-14-31(26-34)30-50)27-36(29-37)48-52-46(32-15-5-3-6-16-32)51-47(53-48)33-17-7-4-8-18-33/h3-29H,1-2H3. The highest BCUT2D eigenvalue weighted by Crippen LogP contribution is 2.53. The molecule has 0 saturated carbocycles. The maximum atomic E-state index is 9.89. The van der Waals surface area contributed by atoms with Crippen LogP contribution in [0, 0.1) is 11.3 Å². The van der Waals surface area contributed by atoms with Gasteiger partial charge in [0.1, 0.15) is 0 Å². The zero-order chi connectivity index (χ0) is 36.4. The molecule has 0 radical (unpaired) electrons. The molecular weight excluding hydrogens is 659 g/mol. The van der Waals surface area contributed by atoms with Gasteiger partial charge < -0.3 is 4.57 Å². The van der Waals surface area contributed by atoms with Gasteiger partial charge in [-0.05, 0) is 69.8 Å². The first kappa shape index (κ1) is 31.6. The van der Waals surface area contributed by atoms with Gasteiger partial charge in [0.25, 0.3) is 0 Å². The summed E-state index contributed by atoms with van der Waals surface area (Å²) in [6, 6.07) is 58.9. The fourth-order valence-corrected chi connectivity index (χ4v) is 8.32. The maximum Gasteiger partial charge on any atom is 0.164 e. The van der Waals surface area contributed by atoms with E-state index in [1.165, 1.54) is 38.5 Å². The fraction of sp³-hybridized carbons (Fsp3) is 0.0612. The van der Waals surface area contributed by atoms with Crippen LogP contribution in [0.15, 0.2) is 164 Å². The van der Waals surface area contributed by atoms with Gasteiger partial charge in [0.05, 0.1) is 22.7 Å². The van der Waals surface area contributed by atoms with Gasteiger partial charge in [0.15, 0.2) is 17.5 Å². The molecular formula is C49H33N5. The topological polar surface area (TPSA) is 67.4 Å². The monoisotopic (exact) mass is 691 g/mol.